The zero-order valence-electron chi connectivity index (χ0n) is 14.4. The van der Waals surface area contributed by atoms with E-state index in [0.29, 0.717) is 25.6 Å². The van der Waals surface area contributed by atoms with Gasteiger partial charge in [-0.2, -0.15) is 0 Å². The predicted molar refractivity (Wildman–Crippen MR) is 91.4 cm³/mol. The summed E-state index contributed by atoms with van der Waals surface area (Å²) >= 11 is 0. The maximum atomic E-state index is 12.1. The zero-order chi connectivity index (χ0) is 17.2. The summed E-state index contributed by atoms with van der Waals surface area (Å²) in [5, 5.41) is 0. The number of likely N-dealkylation sites (tertiary alicyclic amines) is 1. The number of ether oxygens (including phenoxy) is 2. The molecule has 0 aromatic heterocycles. The average molecular weight is 333 g/mol. The van der Waals surface area contributed by atoms with Crippen LogP contribution in [-0.2, 0) is 20.9 Å². The highest BCUT2D eigenvalue weighted by Gasteiger charge is 2.23. The highest BCUT2D eigenvalue weighted by Crippen LogP contribution is 2.23. The van der Waals surface area contributed by atoms with E-state index in [2.05, 4.69) is 0 Å². The SMILES string of the molecule is CCOC(=O)CCCC1CCN(C(=O)OCc2ccccc2)CC1. The topological polar surface area (TPSA) is 55.8 Å². The molecule has 0 unspecified atom stereocenters. The Morgan fingerprint density at radius 1 is 1.12 bits per heavy atom. The summed E-state index contributed by atoms with van der Waals surface area (Å²) in [6.07, 6.45) is 4.09. The van der Waals surface area contributed by atoms with Crippen molar-refractivity contribution in [1.82, 2.24) is 4.90 Å². The summed E-state index contributed by atoms with van der Waals surface area (Å²) < 4.78 is 10.3. The second-order valence-corrected chi connectivity index (χ2v) is 6.17. The Labute approximate surface area is 143 Å². The highest BCUT2D eigenvalue weighted by molar-refractivity contribution is 5.69. The maximum absolute atomic E-state index is 12.1. The van der Waals surface area contributed by atoms with E-state index >= 15 is 0 Å². The lowest BCUT2D eigenvalue weighted by Gasteiger charge is -2.31. The number of nitrogens with zero attached hydrogens (tertiary/aromatic N) is 1. The molecule has 1 aromatic carbocycles. The monoisotopic (exact) mass is 333 g/mol. The fraction of sp³-hybridized carbons (Fsp3) is 0.579. The number of carbonyl (C=O) groups excluding carboxylic acids is 2. The van der Waals surface area contributed by atoms with Gasteiger partial charge in [-0.25, -0.2) is 4.79 Å². The van der Waals surface area contributed by atoms with Gasteiger partial charge in [-0.1, -0.05) is 30.3 Å². The Morgan fingerprint density at radius 2 is 1.83 bits per heavy atom. The summed E-state index contributed by atoms with van der Waals surface area (Å²) in [6.45, 7) is 4.06. The molecule has 1 fully saturated rings. The number of amides is 1. The summed E-state index contributed by atoms with van der Waals surface area (Å²) in [5.74, 6) is 0.469. The highest BCUT2D eigenvalue weighted by atomic mass is 16.6. The van der Waals surface area contributed by atoms with E-state index < -0.39 is 0 Å². The number of carbonyl (C=O) groups is 2. The van der Waals surface area contributed by atoms with Crippen LogP contribution >= 0.6 is 0 Å². The maximum Gasteiger partial charge on any atom is 0.410 e. The third-order valence-electron chi connectivity index (χ3n) is 4.38. The molecule has 1 aromatic rings. The average Bonchev–Trinajstić information content (AvgIpc) is 2.61. The van der Waals surface area contributed by atoms with Crippen LogP contribution in [0.4, 0.5) is 4.79 Å². The van der Waals surface area contributed by atoms with E-state index in [9.17, 15) is 9.59 Å². The Balaban J connectivity index is 1.61. The molecule has 0 bridgehead atoms. The summed E-state index contributed by atoms with van der Waals surface area (Å²) in [5.41, 5.74) is 1.000. The van der Waals surface area contributed by atoms with Crippen LogP contribution in [0.1, 0.15) is 44.6 Å². The number of esters is 1. The summed E-state index contributed by atoms with van der Waals surface area (Å²) in [4.78, 5) is 25.2. The van der Waals surface area contributed by atoms with Crippen LogP contribution in [0.25, 0.3) is 0 Å². The smallest absolute Gasteiger partial charge is 0.410 e. The lowest BCUT2D eigenvalue weighted by Crippen LogP contribution is -2.38. The lowest BCUT2D eigenvalue weighted by molar-refractivity contribution is -0.143. The van der Waals surface area contributed by atoms with Crippen molar-refractivity contribution in [2.75, 3.05) is 19.7 Å². The Morgan fingerprint density at radius 3 is 2.50 bits per heavy atom. The summed E-state index contributed by atoms with van der Waals surface area (Å²) in [6, 6.07) is 9.71. The molecule has 2 rings (SSSR count). The molecule has 1 amide bonds. The molecule has 0 spiro atoms. The number of benzene rings is 1. The van der Waals surface area contributed by atoms with Crippen LogP contribution in [0.3, 0.4) is 0 Å². The predicted octanol–water partition coefficient (Wildman–Crippen LogP) is 3.77. The van der Waals surface area contributed by atoms with Crippen molar-refractivity contribution in [3.05, 3.63) is 35.9 Å². The Bertz CT molecular complexity index is 509. The Kier molecular flexibility index (Phi) is 7.59. The van der Waals surface area contributed by atoms with Crippen LogP contribution in [0.5, 0.6) is 0 Å². The van der Waals surface area contributed by atoms with Crippen LogP contribution in [0.15, 0.2) is 30.3 Å². The molecule has 5 nitrogen and oxygen atoms in total. The zero-order valence-corrected chi connectivity index (χ0v) is 14.4. The minimum atomic E-state index is -0.233. The molecular weight excluding hydrogens is 306 g/mol. The number of hydrogen-bond donors (Lipinski definition) is 0. The normalized spacial score (nSPS) is 15.1. The van der Waals surface area contributed by atoms with Crippen molar-refractivity contribution in [3.63, 3.8) is 0 Å². The first-order chi connectivity index (χ1) is 11.7. The molecule has 1 aliphatic rings. The van der Waals surface area contributed by atoms with Crippen molar-refractivity contribution >= 4 is 12.1 Å². The van der Waals surface area contributed by atoms with Gasteiger partial charge in [-0.15, -0.1) is 0 Å². The van der Waals surface area contributed by atoms with E-state index in [1.165, 1.54) is 0 Å². The number of hydrogen-bond acceptors (Lipinski definition) is 4. The van der Waals surface area contributed by atoms with E-state index in [1.54, 1.807) is 4.90 Å². The molecule has 0 N–H and O–H groups in total. The summed E-state index contributed by atoms with van der Waals surface area (Å²) in [7, 11) is 0. The molecule has 0 saturated carbocycles. The van der Waals surface area contributed by atoms with Crippen molar-refractivity contribution in [1.29, 1.82) is 0 Å². The lowest BCUT2D eigenvalue weighted by atomic mass is 9.92. The van der Waals surface area contributed by atoms with Crippen LogP contribution in [-0.4, -0.2) is 36.7 Å². The van der Waals surface area contributed by atoms with Crippen molar-refractivity contribution < 1.29 is 19.1 Å². The van der Waals surface area contributed by atoms with Gasteiger partial charge in [-0.3, -0.25) is 4.79 Å². The molecule has 1 aliphatic heterocycles. The van der Waals surface area contributed by atoms with Gasteiger partial charge in [-0.05, 0) is 44.1 Å². The number of rotatable bonds is 7. The molecule has 24 heavy (non-hydrogen) atoms. The fourth-order valence-electron chi connectivity index (χ4n) is 2.98. The van der Waals surface area contributed by atoms with Gasteiger partial charge >= 0.3 is 12.1 Å². The molecule has 0 atom stereocenters. The van der Waals surface area contributed by atoms with Gasteiger partial charge in [0.15, 0.2) is 0 Å². The minimum Gasteiger partial charge on any atom is -0.466 e. The molecular formula is C19H27NO4. The molecule has 132 valence electrons. The van der Waals surface area contributed by atoms with Crippen LogP contribution in [0, 0.1) is 5.92 Å². The third kappa shape index (κ3) is 6.22. The van der Waals surface area contributed by atoms with Gasteiger partial charge in [0.2, 0.25) is 0 Å². The van der Waals surface area contributed by atoms with Crippen molar-refractivity contribution in [3.8, 4) is 0 Å². The standard InChI is InChI=1S/C19H27NO4/c1-2-23-18(21)10-6-9-16-11-13-20(14-12-16)19(22)24-15-17-7-4-3-5-8-17/h3-5,7-8,16H,2,6,9-15H2,1H3. The van der Waals surface area contributed by atoms with E-state index in [4.69, 9.17) is 9.47 Å². The van der Waals surface area contributed by atoms with E-state index in [0.717, 1.165) is 44.3 Å². The first-order valence-electron chi connectivity index (χ1n) is 8.80. The first-order valence-corrected chi connectivity index (χ1v) is 8.80. The van der Waals surface area contributed by atoms with Crippen LogP contribution in [0.2, 0.25) is 0 Å². The van der Waals surface area contributed by atoms with Gasteiger partial charge in [0.1, 0.15) is 6.61 Å². The second kappa shape index (κ2) is 9.96. The van der Waals surface area contributed by atoms with Gasteiger partial charge in [0, 0.05) is 19.5 Å². The van der Waals surface area contributed by atoms with E-state index in [-0.39, 0.29) is 12.1 Å². The first kappa shape index (κ1) is 18.3. The largest absolute Gasteiger partial charge is 0.466 e. The van der Waals surface area contributed by atoms with E-state index in [1.807, 2.05) is 37.3 Å². The second-order valence-electron chi connectivity index (χ2n) is 6.17. The van der Waals surface area contributed by atoms with Crippen LogP contribution < -0.4 is 0 Å². The van der Waals surface area contributed by atoms with Crippen molar-refractivity contribution in [2.24, 2.45) is 5.92 Å². The Hall–Kier alpha value is -2.04. The quantitative estimate of drug-likeness (QED) is 0.713. The number of piperidine rings is 1. The minimum absolute atomic E-state index is 0.112. The molecule has 0 aliphatic carbocycles. The molecule has 5 heteroatoms. The van der Waals surface area contributed by atoms with Gasteiger partial charge in [0.05, 0.1) is 6.61 Å². The van der Waals surface area contributed by atoms with Gasteiger partial charge < -0.3 is 14.4 Å². The molecule has 1 heterocycles. The van der Waals surface area contributed by atoms with Crippen molar-refractivity contribution in [2.45, 2.75) is 45.6 Å². The fourth-order valence-corrected chi connectivity index (χ4v) is 2.98. The van der Waals surface area contributed by atoms with Gasteiger partial charge in [0.25, 0.3) is 0 Å². The molecule has 0 radical (unpaired) electrons. The molecule has 1 saturated heterocycles. The third-order valence-corrected chi connectivity index (χ3v) is 4.38.